The van der Waals surface area contributed by atoms with Crippen LogP contribution in [0, 0.1) is 0 Å². The van der Waals surface area contributed by atoms with Crippen molar-refractivity contribution in [1.82, 2.24) is 4.90 Å². The predicted molar refractivity (Wildman–Crippen MR) is 109 cm³/mol. The monoisotopic (exact) mass is 401 g/mol. The Hall–Kier alpha value is -2.90. The van der Waals surface area contributed by atoms with Gasteiger partial charge in [-0.25, -0.2) is 4.79 Å². The van der Waals surface area contributed by atoms with Crippen LogP contribution in [-0.2, 0) is 16.0 Å². The van der Waals surface area contributed by atoms with Crippen LogP contribution in [0.1, 0.15) is 22.3 Å². The van der Waals surface area contributed by atoms with Gasteiger partial charge in [-0.05, 0) is 75.4 Å². The molecule has 1 N–H and O–H groups in total. The first-order valence-electron chi connectivity index (χ1n) is 9.31. The van der Waals surface area contributed by atoms with E-state index in [-0.39, 0.29) is 18.0 Å². The zero-order valence-corrected chi connectivity index (χ0v) is 17.0. The van der Waals surface area contributed by atoms with Crippen LogP contribution in [0.3, 0.4) is 0 Å². The van der Waals surface area contributed by atoms with E-state index in [1.54, 1.807) is 0 Å². The molecule has 2 aromatic carbocycles. The zero-order valence-electron chi connectivity index (χ0n) is 17.0. The molecular formula is C22H27NO6. The average molecular weight is 401 g/mol. The number of hydrogen-bond acceptors (Lipinski definition) is 6. The maximum Gasteiger partial charge on any atom is 0.335 e. The van der Waals surface area contributed by atoms with Gasteiger partial charge in [0.1, 0.15) is 11.5 Å². The van der Waals surface area contributed by atoms with Gasteiger partial charge >= 0.3 is 5.97 Å². The van der Waals surface area contributed by atoms with E-state index < -0.39 is 12.3 Å². The van der Waals surface area contributed by atoms with Crippen LogP contribution < -0.4 is 9.47 Å². The molecule has 0 aliphatic rings. The van der Waals surface area contributed by atoms with Gasteiger partial charge in [0.25, 0.3) is 6.29 Å². The largest absolute Gasteiger partial charge is 0.486 e. The van der Waals surface area contributed by atoms with Crippen molar-refractivity contribution in [1.29, 1.82) is 0 Å². The van der Waals surface area contributed by atoms with Crippen LogP contribution >= 0.6 is 0 Å². The summed E-state index contributed by atoms with van der Waals surface area (Å²) in [6.45, 7) is 0.769. The molecule has 0 saturated carbocycles. The maximum atomic E-state index is 12.3. The molecular weight excluding hydrogens is 374 g/mol. The molecule has 1 unspecified atom stereocenters. The molecule has 1 atom stereocenters. The lowest BCUT2D eigenvalue weighted by Gasteiger charge is -2.17. The number of hydrogen-bond donors (Lipinski definition) is 1. The fourth-order valence-corrected chi connectivity index (χ4v) is 2.62. The Morgan fingerprint density at radius 1 is 1.00 bits per heavy atom. The number of carbonyl (C=O) groups excluding carboxylic acids is 1. The zero-order chi connectivity index (χ0) is 21.2. The number of methoxy groups -OCH3 is 1. The van der Waals surface area contributed by atoms with Crippen molar-refractivity contribution in [2.75, 3.05) is 34.4 Å². The van der Waals surface area contributed by atoms with Crippen LogP contribution in [0.15, 0.2) is 48.5 Å². The number of rotatable bonds is 12. The third-order valence-corrected chi connectivity index (χ3v) is 4.20. The van der Waals surface area contributed by atoms with E-state index in [2.05, 4.69) is 4.90 Å². The number of ether oxygens (including phenoxy) is 3. The summed E-state index contributed by atoms with van der Waals surface area (Å²) in [5, 5.41) is 8.89. The lowest BCUT2D eigenvalue weighted by molar-refractivity contribution is -0.147. The first-order chi connectivity index (χ1) is 13.9. The van der Waals surface area contributed by atoms with E-state index in [0.29, 0.717) is 11.5 Å². The van der Waals surface area contributed by atoms with Crippen molar-refractivity contribution in [2.24, 2.45) is 0 Å². The molecule has 0 heterocycles. The number of Topliss-reactive ketones (excluding diaryl/α,β-unsaturated/α-hetero) is 1. The van der Waals surface area contributed by atoms with E-state index in [1.807, 2.05) is 38.4 Å². The summed E-state index contributed by atoms with van der Waals surface area (Å²) in [6.07, 6.45) is 0.949. The summed E-state index contributed by atoms with van der Waals surface area (Å²) >= 11 is 0. The van der Waals surface area contributed by atoms with Gasteiger partial charge in [-0.3, -0.25) is 4.79 Å². The second-order valence-electron chi connectivity index (χ2n) is 6.82. The third kappa shape index (κ3) is 7.56. The van der Waals surface area contributed by atoms with Gasteiger partial charge < -0.3 is 24.2 Å². The molecule has 2 aromatic rings. The van der Waals surface area contributed by atoms with Crippen molar-refractivity contribution < 1.29 is 28.9 Å². The van der Waals surface area contributed by atoms with Crippen molar-refractivity contribution in [2.45, 2.75) is 19.1 Å². The standard InChI is InChI=1S/C22H27NO6/c1-23(2)14-4-5-16-6-10-19(11-7-16)29-22(27-3)20(24)15-28-18-12-8-17(9-13-18)21(25)26/h6-13,22H,4-5,14-15H2,1-3H3,(H,25,26). The number of benzene rings is 2. The number of nitrogens with zero attached hydrogens (tertiary/aromatic N) is 1. The fraction of sp³-hybridized carbons (Fsp3) is 0.364. The molecule has 7 heteroatoms. The molecule has 0 bridgehead atoms. The van der Waals surface area contributed by atoms with Gasteiger partial charge in [0.15, 0.2) is 6.61 Å². The summed E-state index contributed by atoms with van der Waals surface area (Å²) in [7, 11) is 5.49. The van der Waals surface area contributed by atoms with E-state index in [1.165, 1.54) is 36.9 Å². The Balaban J connectivity index is 1.85. The molecule has 0 amide bonds. The molecule has 0 fully saturated rings. The van der Waals surface area contributed by atoms with Crippen LogP contribution in [0.5, 0.6) is 11.5 Å². The highest BCUT2D eigenvalue weighted by molar-refractivity contribution is 5.87. The first-order valence-corrected chi connectivity index (χ1v) is 9.31. The molecule has 0 aromatic heterocycles. The summed E-state index contributed by atoms with van der Waals surface area (Å²) in [4.78, 5) is 25.3. The maximum absolute atomic E-state index is 12.3. The third-order valence-electron chi connectivity index (χ3n) is 4.20. The first kappa shape index (κ1) is 22.4. The minimum atomic E-state index is -1.09. The Morgan fingerprint density at radius 3 is 2.17 bits per heavy atom. The van der Waals surface area contributed by atoms with Gasteiger partial charge in [-0.15, -0.1) is 0 Å². The second kappa shape index (κ2) is 11.2. The van der Waals surface area contributed by atoms with E-state index in [4.69, 9.17) is 19.3 Å². The summed E-state index contributed by atoms with van der Waals surface area (Å²) in [5.41, 5.74) is 1.35. The van der Waals surface area contributed by atoms with Gasteiger partial charge in [-0.2, -0.15) is 0 Å². The lowest BCUT2D eigenvalue weighted by atomic mass is 10.1. The Morgan fingerprint density at radius 2 is 1.62 bits per heavy atom. The van der Waals surface area contributed by atoms with Crippen molar-refractivity contribution in [3.63, 3.8) is 0 Å². The highest BCUT2D eigenvalue weighted by atomic mass is 16.7. The van der Waals surface area contributed by atoms with Crippen LogP contribution in [0.25, 0.3) is 0 Å². The molecule has 156 valence electrons. The number of aromatic carboxylic acids is 1. The quantitative estimate of drug-likeness (QED) is 0.547. The van der Waals surface area contributed by atoms with Crippen molar-refractivity contribution in [3.05, 3.63) is 59.7 Å². The minimum absolute atomic E-state index is 0.145. The van der Waals surface area contributed by atoms with Crippen LogP contribution in [-0.4, -0.2) is 62.4 Å². The summed E-state index contributed by atoms with van der Waals surface area (Å²) in [6, 6.07) is 13.4. The van der Waals surface area contributed by atoms with Gasteiger partial charge in [0.2, 0.25) is 5.78 Å². The summed E-state index contributed by atoms with van der Waals surface area (Å²) in [5.74, 6) is -0.485. The van der Waals surface area contributed by atoms with Crippen molar-refractivity contribution in [3.8, 4) is 11.5 Å². The van der Waals surface area contributed by atoms with Gasteiger partial charge in [0, 0.05) is 7.11 Å². The van der Waals surface area contributed by atoms with E-state index in [0.717, 1.165) is 19.4 Å². The summed E-state index contributed by atoms with van der Waals surface area (Å²) < 4.78 is 16.2. The molecule has 29 heavy (non-hydrogen) atoms. The van der Waals surface area contributed by atoms with E-state index in [9.17, 15) is 9.59 Å². The highest BCUT2D eigenvalue weighted by Crippen LogP contribution is 2.17. The molecule has 7 nitrogen and oxygen atoms in total. The minimum Gasteiger partial charge on any atom is -0.486 e. The number of carboxylic acids is 1. The highest BCUT2D eigenvalue weighted by Gasteiger charge is 2.20. The molecule has 0 aliphatic heterocycles. The Labute approximate surface area is 170 Å². The topological polar surface area (TPSA) is 85.3 Å². The molecule has 0 spiro atoms. The number of aryl methyl sites for hydroxylation is 1. The number of carboxylic acid groups (broad SMARTS) is 1. The number of ketones is 1. The fourth-order valence-electron chi connectivity index (χ4n) is 2.62. The lowest BCUT2D eigenvalue weighted by Crippen LogP contribution is -2.33. The molecule has 0 aliphatic carbocycles. The SMILES string of the molecule is COC(Oc1ccc(CCCN(C)C)cc1)C(=O)COc1ccc(C(=O)O)cc1. The molecule has 0 saturated heterocycles. The number of carbonyl (C=O) groups is 2. The van der Waals surface area contributed by atoms with Gasteiger partial charge in [-0.1, -0.05) is 12.1 Å². The van der Waals surface area contributed by atoms with Crippen molar-refractivity contribution >= 4 is 11.8 Å². The average Bonchev–Trinajstić information content (AvgIpc) is 2.71. The normalized spacial score (nSPS) is 11.9. The van der Waals surface area contributed by atoms with Crippen LogP contribution in [0.2, 0.25) is 0 Å². The smallest absolute Gasteiger partial charge is 0.335 e. The second-order valence-corrected chi connectivity index (χ2v) is 6.82. The predicted octanol–water partition coefficient (Wildman–Crippen LogP) is 2.88. The Bertz CT molecular complexity index is 786. The Kier molecular flexibility index (Phi) is 8.64. The van der Waals surface area contributed by atoms with Crippen LogP contribution in [0.4, 0.5) is 0 Å². The molecule has 2 rings (SSSR count). The van der Waals surface area contributed by atoms with Gasteiger partial charge in [0.05, 0.1) is 5.56 Å². The van der Waals surface area contributed by atoms with E-state index >= 15 is 0 Å². The molecule has 0 radical (unpaired) electrons.